The van der Waals surface area contributed by atoms with E-state index in [1.165, 1.54) is 47.4 Å². The second kappa shape index (κ2) is 11.1. The van der Waals surface area contributed by atoms with Gasteiger partial charge in [0.1, 0.15) is 0 Å². The summed E-state index contributed by atoms with van der Waals surface area (Å²) in [6, 6.07) is 16.6. The average molecular weight is 596 g/mol. The summed E-state index contributed by atoms with van der Waals surface area (Å²) in [5.41, 5.74) is 3.23. The van der Waals surface area contributed by atoms with Gasteiger partial charge < -0.3 is 0 Å². The second-order valence-electron chi connectivity index (χ2n) is 9.79. The van der Waals surface area contributed by atoms with Crippen LogP contribution in [0.3, 0.4) is 0 Å². The van der Waals surface area contributed by atoms with Crippen LogP contribution in [0, 0.1) is 6.92 Å². The summed E-state index contributed by atoms with van der Waals surface area (Å²) in [7, 11) is -5.49. The first-order chi connectivity index (χ1) is 17.5. The summed E-state index contributed by atoms with van der Waals surface area (Å²) in [5, 5.41) is 1.30. The number of halogens is 1. The summed E-state index contributed by atoms with van der Waals surface area (Å²) in [6.07, 6.45) is 0.987. The molecule has 0 unspecified atom stereocenters. The molecule has 0 bridgehead atoms. The largest absolute Gasteiger partial charge is 0.297 e. The first-order valence-corrected chi connectivity index (χ1v) is 16.0. The van der Waals surface area contributed by atoms with Gasteiger partial charge in [-0.25, -0.2) is 16.8 Å². The number of fused-ring (bicyclic) bond motifs is 1. The molecule has 0 atom stereocenters. The molecule has 38 heavy (non-hydrogen) atoms. The number of sulfonamides is 2. The van der Waals surface area contributed by atoms with Crippen LogP contribution in [-0.2, 0) is 32.5 Å². The van der Waals surface area contributed by atoms with Crippen molar-refractivity contribution < 1.29 is 16.8 Å². The number of rotatable bonds is 5. The number of aryl methyl sites for hydroxylation is 2. The number of benzene rings is 3. The summed E-state index contributed by atoms with van der Waals surface area (Å²) in [5.74, 6) is 0. The van der Waals surface area contributed by atoms with Crippen LogP contribution in [-0.4, -0.2) is 27.0 Å². The SMILES string of the molecule is Cc1cc(S(=O)(=O)Nc2ccccc2NS(C)(=O)=O)ccc1Cl.Cn1sc(=O)c2cc(C(C)(C)C)ccc21. The van der Waals surface area contributed by atoms with Crippen molar-refractivity contribution >= 4 is 65.5 Å². The molecule has 0 aliphatic heterocycles. The van der Waals surface area contributed by atoms with Gasteiger partial charge in [-0.15, -0.1) is 0 Å². The Hall–Kier alpha value is -2.86. The minimum Gasteiger partial charge on any atom is -0.297 e. The number of hydrogen-bond acceptors (Lipinski definition) is 6. The van der Waals surface area contributed by atoms with Crippen molar-refractivity contribution in [1.82, 2.24) is 3.96 Å². The molecule has 204 valence electrons. The Morgan fingerprint density at radius 3 is 2.05 bits per heavy atom. The Kier molecular flexibility index (Phi) is 8.67. The maximum atomic E-state index is 12.5. The Bertz CT molecular complexity index is 1750. The van der Waals surface area contributed by atoms with Crippen LogP contribution in [0.25, 0.3) is 10.9 Å². The van der Waals surface area contributed by atoms with Crippen LogP contribution in [0.4, 0.5) is 11.4 Å². The third kappa shape index (κ3) is 7.37. The van der Waals surface area contributed by atoms with E-state index in [-0.39, 0.29) is 26.4 Å². The summed E-state index contributed by atoms with van der Waals surface area (Å²) in [4.78, 5) is 11.7. The highest BCUT2D eigenvalue weighted by atomic mass is 35.5. The van der Waals surface area contributed by atoms with Gasteiger partial charge in [0.15, 0.2) is 0 Å². The van der Waals surface area contributed by atoms with Crippen molar-refractivity contribution in [2.24, 2.45) is 7.05 Å². The number of nitrogens with one attached hydrogen (secondary N) is 2. The lowest BCUT2D eigenvalue weighted by Crippen LogP contribution is -2.16. The van der Waals surface area contributed by atoms with E-state index in [0.29, 0.717) is 10.6 Å². The summed E-state index contributed by atoms with van der Waals surface area (Å²) in [6.45, 7) is 8.17. The fraction of sp³-hybridized carbons (Fsp3) is 0.269. The number of para-hydroxylation sites is 2. The van der Waals surface area contributed by atoms with Gasteiger partial charge in [-0.1, -0.05) is 50.6 Å². The van der Waals surface area contributed by atoms with E-state index >= 15 is 0 Å². The zero-order valence-electron chi connectivity index (χ0n) is 21.9. The summed E-state index contributed by atoms with van der Waals surface area (Å²) >= 11 is 7.16. The van der Waals surface area contributed by atoms with Gasteiger partial charge in [-0.2, -0.15) is 0 Å². The predicted octanol–water partition coefficient (Wildman–Crippen LogP) is 5.72. The van der Waals surface area contributed by atoms with E-state index in [1.807, 2.05) is 23.1 Å². The van der Waals surface area contributed by atoms with E-state index < -0.39 is 20.0 Å². The Labute approximate surface area is 232 Å². The smallest absolute Gasteiger partial charge is 0.261 e. The Balaban J connectivity index is 0.000000230. The average Bonchev–Trinajstić information content (AvgIpc) is 3.08. The minimum atomic E-state index is -3.87. The van der Waals surface area contributed by atoms with E-state index in [9.17, 15) is 21.6 Å². The maximum Gasteiger partial charge on any atom is 0.261 e. The lowest BCUT2D eigenvalue weighted by Gasteiger charge is -2.18. The highest BCUT2D eigenvalue weighted by molar-refractivity contribution is 7.93. The van der Waals surface area contributed by atoms with Gasteiger partial charge in [0.25, 0.3) is 14.8 Å². The fourth-order valence-electron chi connectivity index (χ4n) is 3.51. The molecular weight excluding hydrogens is 566 g/mol. The predicted molar refractivity (Wildman–Crippen MR) is 158 cm³/mol. The molecule has 0 fully saturated rings. The first-order valence-electron chi connectivity index (χ1n) is 11.4. The maximum absolute atomic E-state index is 12.5. The highest BCUT2D eigenvalue weighted by Gasteiger charge is 2.18. The Morgan fingerprint density at radius 2 is 1.50 bits per heavy atom. The van der Waals surface area contributed by atoms with E-state index in [2.05, 4.69) is 36.3 Å². The highest BCUT2D eigenvalue weighted by Crippen LogP contribution is 2.27. The molecule has 3 aromatic carbocycles. The van der Waals surface area contributed by atoms with Crippen LogP contribution < -0.4 is 14.2 Å². The molecule has 2 N–H and O–H groups in total. The number of nitrogens with zero attached hydrogens (tertiary/aromatic N) is 1. The lowest BCUT2D eigenvalue weighted by atomic mass is 9.86. The van der Waals surface area contributed by atoms with Gasteiger partial charge in [-0.3, -0.25) is 18.2 Å². The quantitative estimate of drug-likeness (QED) is 0.306. The third-order valence-corrected chi connectivity index (χ3v) is 8.78. The van der Waals surface area contributed by atoms with Crippen molar-refractivity contribution in [3.8, 4) is 0 Å². The van der Waals surface area contributed by atoms with Gasteiger partial charge in [0.2, 0.25) is 10.0 Å². The fourth-order valence-corrected chi connectivity index (χ4v) is 6.14. The molecule has 0 saturated heterocycles. The molecule has 0 aliphatic carbocycles. The molecule has 8 nitrogen and oxygen atoms in total. The van der Waals surface area contributed by atoms with Crippen LogP contribution in [0.1, 0.15) is 31.9 Å². The van der Waals surface area contributed by atoms with Crippen LogP contribution >= 0.6 is 23.1 Å². The molecular formula is C26H30ClN3O5S3. The molecule has 1 heterocycles. The van der Waals surface area contributed by atoms with Crippen LogP contribution in [0.15, 0.2) is 70.4 Å². The van der Waals surface area contributed by atoms with Crippen LogP contribution in [0.5, 0.6) is 0 Å². The molecule has 4 rings (SSSR count). The molecule has 0 saturated carbocycles. The third-order valence-electron chi connectivity index (χ3n) is 5.55. The van der Waals surface area contributed by atoms with Gasteiger partial charge in [0.05, 0.1) is 33.4 Å². The topological polar surface area (TPSA) is 114 Å². The lowest BCUT2D eigenvalue weighted by molar-refractivity contribution is 0.591. The number of aromatic nitrogens is 1. The molecule has 0 amide bonds. The van der Waals surface area contributed by atoms with Gasteiger partial charge in [0, 0.05) is 12.1 Å². The van der Waals surface area contributed by atoms with Crippen molar-refractivity contribution in [1.29, 1.82) is 0 Å². The van der Waals surface area contributed by atoms with Crippen molar-refractivity contribution in [3.05, 3.63) is 86.4 Å². The molecule has 0 aliphatic rings. The van der Waals surface area contributed by atoms with E-state index in [0.717, 1.165) is 17.2 Å². The summed E-state index contributed by atoms with van der Waals surface area (Å²) < 4.78 is 54.4. The Morgan fingerprint density at radius 1 is 0.895 bits per heavy atom. The van der Waals surface area contributed by atoms with Crippen molar-refractivity contribution in [2.45, 2.75) is 38.0 Å². The zero-order chi connectivity index (χ0) is 28.5. The molecule has 12 heteroatoms. The zero-order valence-corrected chi connectivity index (χ0v) is 25.1. The second-order valence-corrected chi connectivity index (χ2v) is 14.7. The molecule has 0 radical (unpaired) electrons. The monoisotopic (exact) mass is 595 g/mol. The molecule has 0 spiro atoms. The van der Waals surface area contributed by atoms with E-state index in [4.69, 9.17) is 11.6 Å². The number of anilines is 2. The van der Waals surface area contributed by atoms with Gasteiger partial charge in [-0.05, 0) is 77.5 Å². The first kappa shape index (κ1) is 29.7. The van der Waals surface area contributed by atoms with Crippen molar-refractivity contribution in [3.63, 3.8) is 0 Å². The van der Waals surface area contributed by atoms with E-state index in [1.54, 1.807) is 19.1 Å². The molecule has 4 aromatic rings. The van der Waals surface area contributed by atoms with Gasteiger partial charge >= 0.3 is 0 Å². The minimum absolute atomic E-state index is 0.0357. The van der Waals surface area contributed by atoms with Crippen molar-refractivity contribution in [2.75, 3.05) is 15.7 Å². The standard InChI is InChI=1S/C14H15ClN2O4S2.C12H15NOS/c1-10-9-11(7-8-12(10)15)23(20,21)17-14-6-4-3-5-13(14)16-22(2,18)19;1-12(2,3)8-5-6-10-9(7-8)11(14)15-13(10)4/h3-9,16-17H,1-2H3;5-7H,1-4H3. The van der Waals surface area contributed by atoms with Crippen LogP contribution in [0.2, 0.25) is 5.02 Å². The normalized spacial score (nSPS) is 12.1. The number of hydrogen-bond donors (Lipinski definition) is 2. The molecule has 1 aromatic heterocycles.